The third kappa shape index (κ3) is 31.4. The van der Waals surface area contributed by atoms with Crippen molar-refractivity contribution in [1.29, 1.82) is 0 Å². The second kappa shape index (κ2) is 44.8. The fourth-order valence-corrected chi connectivity index (χ4v) is 14.0. The molecule has 636 valence electrons. The number of carbonyl (C=O) groups excluding carboxylic acids is 10. The first-order valence-corrected chi connectivity index (χ1v) is 41.1. The largest absolute Gasteiger partial charge is 0.465 e. The molecule has 0 radical (unpaired) electrons. The number of nitrogens with two attached hydrogens (primary N) is 2. The van der Waals surface area contributed by atoms with Crippen molar-refractivity contribution >= 4 is 82.2 Å². The van der Waals surface area contributed by atoms with Crippen LogP contribution in [0.2, 0.25) is 0 Å². The maximum atomic E-state index is 12.3. The summed E-state index contributed by atoms with van der Waals surface area (Å²) in [6.45, 7) is 12.5. The third-order valence-corrected chi connectivity index (χ3v) is 21.0. The molecule has 8 atom stereocenters. The molecule has 0 aliphatic heterocycles. The second-order valence-electron chi connectivity index (χ2n) is 33.0. The second-order valence-corrected chi connectivity index (χ2v) is 33.0. The topological polar surface area (TPSA) is 384 Å². The van der Waals surface area contributed by atoms with Crippen LogP contribution in [0.3, 0.4) is 0 Å². The number of methoxy groups -OCH3 is 2. The van der Waals surface area contributed by atoms with Crippen LogP contribution < -0.4 is 49.0 Å². The Kier molecular flexibility index (Phi) is 34.3. The standard InChI is InChI=1S/C27H34N2O5.C27H33NO5.C21H25N3O3.C20H23N3O3/c1-27(2,3)34-26(32)28-17-21-16-23(21)19-12-14-22(15-13-19)29-24(30)7-5-6-18-8-10-20(11-9-18)25(31)33-4;1-27(2,3)33-25(30)17-21-16-23(21)19-12-14-22(15-13-19)28-24(29)7-5-6-18-8-10-20(11-9-18)26(31)32-4;22-13-17-12-19(17)15-8-10-18(11-9-15)23-20(25)3-1-2-14-4-6-16(7-5-14)21(26)24-27;21-18-12-17(18)14-8-10-16(11-9-14)22-19(24)3-1-2-13-4-6-15(7-5-13)20(25)23-26/h8-15,21,23H,5-7,16-17H2,1-4H3,(H,28,32)(H,29,30);8-15,21,23H,5-7,16-17H2,1-4H3,(H,28,29);4-11,17,19,27H,1-3,12-13,22H2,(H,23,25)(H,24,26);4-11,17-18,26H,1-3,12,21H2,(H,22,24)(H,23,25). The molecular formula is C95H115N9O16. The quantitative estimate of drug-likeness (QED) is 0.00787. The molecule has 12 rings (SSSR count). The molecule has 13 N–H and O–H groups in total. The smallest absolute Gasteiger partial charge is 0.407 e. The van der Waals surface area contributed by atoms with Crippen LogP contribution in [0.15, 0.2) is 194 Å². The summed E-state index contributed by atoms with van der Waals surface area (Å²) in [5.41, 5.74) is 27.9. The van der Waals surface area contributed by atoms with Gasteiger partial charge in [0.05, 0.1) is 25.3 Å². The molecule has 0 bridgehead atoms. The highest BCUT2D eigenvalue weighted by Gasteiger charge is 2.41. The van der Waals surface area contributed by atoms with Crippen molar-refractivity contribution in [2.45, 2.75) is 192 Å². The molecule has 4 aliphatic carbocycles. The molecular weight excluding hydrogens is 1520 g/mol. The fourth-order valence-electron chi connectivity index (χ4n) is 14.0. The van der Waals surface area contributed by atoms with Crippen molar-refractivity contribution in [1.82, 2.24) is 16.3 Å². The predicted molar refractivity (Wildman–Crippen MR) is 461 cm³/mol. The van der Waals surface area contributed by atoms with Gasteiger partial charge in [-0.25, -0.2) is 25.3 Å². The Morgan fingerprint density at radius 1 is 0.375 bits per heavy atom. The van der Waals surface area contributed by atoms with Crippen LogP contribution >= 0.6 is 0 Å². The summed E-state index contributed by atoms with van der Waals surface area (Å²) in [4.78, 5) is 118. The van der Waals surface area contributed by atoms with Gasteiger partial charge in [0.25, 0.3) is 11.8 Å². The van der Waals surface area contributed by atoms with Crippen LogP contribution in [0.5, 0.6) is 0 Å². The zero-order valence-corrected chi connectivity index (χ0v) is 69.8. The van der Waals surface area contributed by atoms with E-state index in [2.05, 4.69) is 38.7 Å². The Morgan fingerprint density at radius 3 is 0.942 bits per heavy atom. The number of nitrogens with one attached hydrogen (secondary N) is 7. The highest BCUT2D eigenvalue weighted by molar-refractivity contribution is 5.95. The van der Waals surface area contributed by atoms with Gasteiger partial charge in [-0.05, 0) is 302 Å². The Labute approximate surface area is 702 Å². The van der Waals surface area contributed by atoms with Gasteiger partial charge in [0.2, 0.25) is 23.6 Å². The van der Waals surface area contributed by atoms with E-state index in [4.69, 9.17) is 40.8 Å². The van der Waals surface area contributed by atoms with Crippen molar-refractivity contribution in [2.75, 3.05) is 48.6 Å². The van der Waals surface area contributed by atoms with E-state index < -0.39 is 23.0 Å². The van der Waals surface area contributed by atoms with Crippen LogP contribution in [-0.4, -0.2) is 114 Å². The normalized spacial score (nSPS) is 17.5. The van der Waals surface area contributed by atoms with Crippen molar-refractivity contribution in [3.8, 4) is 0 Å². The first-order valence-electron chi connectivity index (χ1n) is 41.1. The third-order valence-electron chi connectivity index (χ3n) is 21.0. The maximum Gasteiger partial charge on any atom is 0.407 e. The number of benzene rings is 8. The van der Waals surface area contributed by atoms with Crippen molar-refractivity contribution in [3.63, 3.8) is 0 Å². The van der Waals surface area contributed by atoms with Gasteiger partial charge < -0.3 is 57.0 Å². The molecule has 8 aromatic rings. The van der Waals surface area contributed by atoms with Crippen molar-refractivity contribution < 1.29 is 77.3 Å². The minimum absolute atomic E-state index is 0.00900. The summed E-state index contributed by atoms with van der Waals surface area (Å²) in [5.74, 6) is 1.21. The molecule has 120 heavy (non-hydrogen) atoms. The minimum atomic E-state index is -0.536. The lowest BCUT2D eigenvalue weighted by molar-refractivity contribution is -0.155. The first kappa shape index (κ1) is 92.0. The Balaban J connectivity index is 0.000000183. The van der Waals surface area contributed by atoms with E-state index in [-0.39, 0.29) is 53.7 Å². The number of rotatable bonds is 33. The van der Waals surface area contributed by atoms with E-state index in [1.807, 2.05) is 175 Å². The lowest BCUT2D eigenvalue weighted by Crippen LogP contribution is -2.33. The summed E-state index contributed by atoms with van der Waals surface area (Å²) in [7, 11) is 2.72. The van der Waals surface area contributed by atoms with Crippen LogP contribution in [0.4, 0.5) is 27.5 Å². The number of carbonyl (C=O) groups is 10. The number of ether oxygens (including phenoxy) is 4. The molecule has 4 saturated carbocycles. The molecule has 4 fully saturated rings. The van der Waals surface area contributed by atoms with E-state index in [9.17, 15) is 47.9 Å². The number of anilines is 4. The molecule has 8 aromatic carbocycles. The predicted octanol–water partition coefficient (Wildman–Crippen LogP) is 15.7. The zero-order chi connectivity index (χ0) is 86.5. The summed E-state index contributed by atoms with van der Waals surface area (Å²) >= 11 is 0. The summed E-state index contributed by atoms with van der Waals surface area (Å²) in [6.07, 6.45) is 11.9. The van der Waals surface area contributed by atoms with Gasteiger partial charge in [-0.3, -0.25) is 44.0 Å². The van der Waals surface area contributed by atoms with E-state index in [0.717, 1.165) is 122 Å². The monoisotopic (exact) mass is 1640 g/mol. The van der Waals surface area contributed by atoms with Gasteiger partial charge in [-0.15, -0.1) is 0 Å². The van der Waals surface area contributed by atoms with E-state index >= 15 is 0 Å². The molecule has 7 amide bonds. The van der Waals surface area contributed by atoms with E-state index in [1.54, 1.807) is 59.5 Å². The van der Waals surface area contributed by atoms with Crippen LogP contribution in [0.1, 0.15) is 235 Å². The van der Waals surface area contributed by atoms with Crippen molar-refractivity contribution in [2.24, 2.45) is 29.2 Å². The van der Waals surface area contributed by atoms with E-state index in [1.165, 1.54) is 36.5 Å². The molecule has 0 aromatic heterocycles. The van der Waals surface area contributed by atoms with Gasteiger partial charge in [-0.2, -0.15) is 0 Å². The zero-order valence-electron chi connectivity index (χ0n) is 69.8. The van der Waals surface area contributed by atoms with Crippen LogP contribution in [-0.2, 0) is 68.6 Å². The maximum absolute atomic E-state index is 12.3. The Morgan fingerprint density at radius 2 is 0.658 bits per heavy atom. The minimum Gasteiger partial charge on any atom is -0.465 e. The Hall–Kier alpha value is -11.9. The highest BCUT2D eigenvalue weighted by atomic mass is 16.6. The number of hydrogen-bond acceptors (Lipinski definition) is 18. The lowest BCUT2D eigenvalue weighted by Gasteiger charge is -2.19. The molecule has 25 nitrogen and oxygen atoms in total. The molecule has 0 heterocycles. The summed E-state index contributed by atoms with van der Waals surface area (Å²) in [5, 5.41) is 31.8. The SMILES string of the molecule is COC(=O)c1ccc(CCCC(=O)Nc2ccc(C3CC3CC(=O)OC(C)(C)C)cc2)cc1.COC(=O)c1ccc(CCCC(=O)Nc2ccc(C3CC3CNC(=O)OC(C)(C)C)cc2)cc1.NC1CC1c1ccc(NC(=O)CCCc2ccc(C(=O)NO)cc2)cc1.NCC1CC1c1ccc(NC(=O)CCCc2ccc(C(=O)NO)cc2)cc1. The van der Waals surface area contributed by atoms with Gasteiger partial charge in [0.1, 0.15) is 11.2 Å². The van der Waals surface area contributed by atoms with E-state index in [0.29, 0.717) is 109 Å². The van der Waals surface area contributed by atoms with Crippen LogP contribution in [0.25, 0.3) is 0 Å². The number of esters is 3. The fraction of sp³-hybridized carbons (Fsp3) is 0.389. The van der Waals surface area contributed by atoms with Crippen LogP contribution in [0, 0.1) is 17.8 Å². The molecule has 0 saturated heterocycles. The van der Waals surface area contributed by atoms with Gasteiger partial charge in [-0.1, -0.05) is 97.1 Å². The lowest BCUT2D eigenvalue weighted by atomic mass is 10.1. The Bertz CT molecular complexity index is 4720. The number of hydroxylamine groups is 2. The molecule has 8 unspecified atom stereocenters. The number of aryl methyl sites for hydroxylation is 4. The number of hydrogen-bond donors (Lipinski definition) is 11. The number of amides is 7. The molecule has 25 heteroatoms. The van der Waals surface area contributed by atoms with Crippen molar-refractivity contribution in [3.05, 3.63) is 261 Å². The average Bonchev–Trinajstić information content (AvgIpc) is 1.67. The molecule has 0 spiro atoms. The average molecular weight is 1640 g/mol. The van der Waals surface area contributed by atoms with Gasteiger partial charge >= 0.3 is 24.0 Å². The van der Waals surface area contributed by atoms with Gasteiger partial charge in [0.15, 0.2) is 0 Å². The molecule has 4 aliphatic rings. The summed E-state index contributed by atoms with van der Waals surface area (Å²) in [6, 6.07) is 60.4. The number of alkyl carbamates (subject to hydrolysis) is 1. The first-order chi connectivity index (χ1) is 57.4. The van der Waals surface area contributed by atoms with Gasteiger partial charge in [0, 0.05) is 84.5 Å². The summed E-state index contributed by atoms with van der Waals surface area (Å²) < 4.78 is 20.1. The highest BCUT2D eigenvalue weighted by Crippen LogP contribution is 2.51.